The Morgan fingerprint density at radius 3 is 2.95 bits per heavy atom. The molecule has 118 valence electrons. The number of sulfonamides is 1. The van der Waals surface area contributed by atoms with Crippen molar-refractivity contribution in [1.82, 2.24) is 9.29 Å². The number of hydrogen-bond acceptors (Lipinski definition) is 4. The van der Waals surface area contributed by atoms with Crippen LogP contribution in [0.3, 0.4) is 0 Å². The summed E-state index contributed by atoms with van der Waals surface area (Å²) in [5, 5.41) is 0. The van der Waals surface area contributed by atoms with E-state index in [4.69, 9.17) is 4.42 Å². The van der Waals surface area contributed by atoms with Gasteiger partial charge < -0.3 is 4.42 Å². The minimum absolute atomic E-state index is 0.0176. The average Bonchev–Trinajstić information content (AvgIpc) is 3.06. The molecule has 2 aromatic rings. The van der Waals surface area contributed by atoms with E-state index in [0.717, 1.165) is 5.56 Å². The number of rotatable bonds is 4. The lowest BCUT2D eigenvalue weighted by atomic mass is 10.1. The van der Waals surface area contributed by atoms with E-state index in [1.165, 1.54) is 22.7 Å². The van der Waals surface area contributed by atoms with Crippen LogP contribution < -0.4 is 0 Å². The fourth-order valence-corrected chi connectivity index (χ4v) is 3.56. The van der Waals surface area contributed by atoms with Gasteiger partial charge >= 0.3 is 0 Å². The Bertz CT molecular complexity index is 773. The van der Waals surface area contributed by atoms with Crippen molar-refractivity contribution >= 4 is 10.0 Å². The summed E-state index contributed by atoms with van der Waals surface area (Å²) in [7, 11) is -3.17. The Kier molecular flexibility index (Phi) is 4.01. The second kappa shape index (κ2) is 5.81. The molecular weight excluding hydrogens is 307 g/mol. The van der Waals surface area contributed by atoms with Crippen LogP contribution in [0, 0.1) is 5.82 Å². The molecule has 1 aromatic heterocycles. The van der Waals surface area contributed by atoms with Crippen LogP contribution in [-0.2, 0) is 16.4 Å². The molecule has 1 aliphatic rings. The molecule has 0 aliphatic carbocycles. The minimum Gasteiger partial charge on any atom is -0.445 e. The van der Waals surface area contributed by atoms with Crippen LogP contribution in [0.1, 0.15) is 29.6 Å². The third-order valence-corrected chi connectivity index (χ3v) is 5.08. The van der Waals surface area contributed by atoms with Crippen molar-refractivity contribution in [2.24, 2.45) is 0 Å². The van der Waals surface area contributed by atoms with Crippen LogP contribution in [-0.4, -0.2) is 37.1 Å². The normalized spacial score (nSPS) is 19.6. The molecule has 5 nitrogen and oxygen atoms in total. The molecule has 1 saturated heterocycles. The molecule has 0 amide bonds. The predicted molar refractivity (Wildman–Crippen MR) is 79.5 cm³/mol. The summed E-state index contributed by atoms with van der Waals surface area (Å²) in [4.78, 5) is 4.25. The van der Waals surface area contributed by atoms with E-state index in [2.05, 4.69) is 4.98 Å². The number of oxazole rings is 1. The van der Waals surface area contributed by atoms with Crippen molar-refractivity contribution in [3.63, 3.8) is 0 Å². The van der Waals surface area contributed by atoms with Crippen LogP contribution in [0.25, 0.3) is 0 Å². The Morgan fingerprint density at radius 2 is 2.27 bits per heavy atom. The number of halogens is 1. The smallest absolute Gasteiger partial charge is 0.211 e. The first kappa shape index (κ1) is 15.2. The van der Waals surface area contributed by atoms with Crippen LogP contribution in [0.15, 0.2) is 34.9 Å². The Labute approximate surface area is 128 Å². The van der Waals surface area contributed by atoms with Crippen LogP contribution in [0.4, 0.5) is 4.39 Å². The van der Waals surface area contributed by atoms with Gasteiger partial charge in [0.1, 0.15) is 11.6 Å². The molecular formula is C15H17FN2O3S. The largest absolute Gasteiger partial charge is 0.445 e. The molecule has 1 aliphatic heterocycles. The summed E-state index contributed by atoms with van der Waals surface area (Å²) in [6.07, 6.45) is 4.00. The highest BCUT2D eigenvalue weighted by Gasteiger charge is 2.32. The summed E-state index contributed by atoms with van der Waals surface area (Å²) < 4.78 is 43.4. The van der Waals surface area contributed by atoms with Gasteiger partial charge in [-0.25, -0.2) is 22.1 Å². The molecule has 1 atom stereocenters. The lowest BCUT2D eigenvalue weighted by molar-refractivity contribution is 0.418. The second-order valence-corrected chi connectivity index (χ2v) is 7.56. The van der Waals surface area contributed by atoms with Crippen LogP contribution in [0.5, 0.6) is 0 Å². The van der Waals surface area contributed by atoms with E-state index in [1.54, 1.807) is 12.3 Å². The number of aromatic nitrogens is 1. The molecule has 2 heterocycles. The molecule has 0 bridgehead atoms. The van der Waals surface area contributed by atoms with E-state index in [1.807, 2.05) is 6.07 Å². The van der Waals surface area contributed by atoms with Crippen molar-refractivity contribution in [3.05, 3.63) is 53.5 Å². The first-order valence-corrected chi connectivity index (χ1v) is 8.91. The minimum atomic E-state index is -3.17. The third kappa shape index (κ3) is 3.36. The zero-order valence-electron chi connectivity index (χ0n) is 12.2. The maximum Gasteiger partial charge on any atom is 0.211 e. The van der Waals surface area contributed by atoms with E-state index in [-0.39, 0.29) is 11.7 Å². The van der Waals surface area contributed by atoms with Gasteiger partial charge in [-0.3, -0.25) is 0 Å². The zero-order valence-corrected chi connectivity index (χ0v) is 13.0. The van der Waals surface area contributed by atoms with Crippen LogP contribution in [0.2, 0.25) is 0 Å². The van der Waals surface area contributed by atoms with Gasteiger partial charge in [-0.05, 0) is 24.1 Å². The standard InChI is InChI=1S/C15H17FN2O3S/c1-22(19,20)18-6-5-12(10-18)15-17-9-14(21-15)8-11-3-2-4-13(16)7-11/h2-4,7,9,12H,5-6,8,10H2,1H3/t12-/m1/s1. The summed E-state index contributed by atoms with van der Waals surface area (Å²) >= 11 is 0. The van der Waals surface area contributed by atoms with Gasteiger partial charge in [0.15, 0.2) is 5.89 Å². The number of hydrogen-bond donors (Lipinski definition) is 0. The first-order chi connectivity index (χ1) is 10.4. The molecule has 0 saturated carbocycles. The molecule has 0 unspecified atom stereocenters. The molecule has 3 rings (SSSR count). The van der Waals surface area contributed by atoms with E-state index in [0.29, 0.717) is 37.6 Å². The Morgan fingerprint density at radius 1 is 1.45 bits per heavy atom. The summed E-state index contributed by atoms with van der Waals surface area (Å²) in [6.45, 7) is 0.893. The lowest BCUT2D eigenvalue weighted by Crippen LogP contribution is -2.27. The highest BCUT2D eigenvalue weighted by molar-refractivity contribution is 7.88. The van der Waals surface area contributed by atoms with Crippen LogP contribution >= 0.6 is 0 Å². The van der Waals surface area contributed by atoms with Crippen molar-refractivity contribution in [3.8, 4) is 0 Å². The number of nitrogens with zero attached hydrogens (tertiary/aromatic N) is 2. The summed E-state index contributed by atoms with van der Waals surface area (Å²) in [6, 6.07) is 6.34. The molecule has 1 aromatic carbocycles. The fraction of sp³-hybridized carbons (Fsp3) is 0.400. The van der Waals surface area contributed by atoms with Crippen molar-refractivity contribution in [2.75, 3.05) is 19.3 Å². The highest BCUT2D eigenvalue weighted by atomic mass is 32.2. The summed E-state index contributed by atoms with van der Waals surface area (Å²) in [5.41, 5.74) is 0.812. The molecule has 0 spiro atoms. The third-order valence-electron chi connectivity index (χ3n) is 3.81. The fourth-order valence-electron chi connectivity index (χ4n) is 2.67. The molecule has 1 fully saturated rings. The highest BCUT2D eigenvalue weighted by Crippen LogP contribution is 2.28. The van der Waals surface area contributed by atoms with Crippen molar-refractivity contribution in [2.45, 2.75) is 18.8 Å². The maximum atomic E-state index is 13.2. The molecule has 0 N–H and O–H groups in total. The molecule has 22 heavy (non-hydrogen) atoms. The van der Waals surface area contributed by atoms with Crippen molar-refractivity contribution in [1.29, 1.82) is 0 Å². The van der Waals surface area contributed by atoms with Gasteiger partial charge in [0.25, 0.3) is 0 Å². The van der Waals surface area contributed by atoms with E-state index in [9.17, 15) is 12.8 Å². The summed E-state index contributed by atoms with van der Waals surface area (Å²) in [5.74, 6) is 0.906. The first-order valence-electron chi connectivity index (χ1n) is 7.06. The number of benzene rings is 1. The predicted octanol–water partition coefficient (Wildman–Crippen LogP) is 2.15. The SMILES string of the molecule is CS(=O)(=O)N1CC[C@@H](c2ncc(Cc3cccc(F)c3)o2)C1. The van der Waals surface area contributed by atoms with Gasteiger partial charge in [0.05, 0.1) is 18.4 Å². The van der Waals surface area contributed by atoms with E-state index >= 15 is 0 Å². The van der Waals surface area contributed by atoms with Gasteiger partial charge in [-0.2, -0.15) is 0 Å². The topological polar surface area (TPSA) is 63.4 Å². The molecule has 0 radical (unpaired) electrons. The zero-order chi connectivity index (χ0) is 15.7. The molecule has 7 heteroatoms. The van der Waals surface area contributed by atoms with Gasteiger partial charge in [-0.15, -0.1) is 0 Å². The second-order valence-electron chi connectivity index (χ2n) is 5.58. The maximum absolute atomic E-state index is 13.2. The quantitative estimate of drug-likeness (QED) is 0.864. The van der Waals surface area contributed by atoms with Crippen molar-refractivity contribution < 1.29 is 17.2 Å². The average molecular weight is 324 g/mol. The lowest BCUT2D eigenvalue weighted by Gasteiger charge is -2.11. The Balaban J connectivity index is 1.70. The van der Waals surface area contributed by atoms with Gasteiger partial charge in [-0.1, -0.05) is 12.1 Å². The van der Waals surface area contributed by atoms with Gasteiger partial charge in [0.2, 0.25) is 10.0 Å². The monoisotopic (exact) mass is 324 g/mol. The Hall–Kier alpha value is -1.73. The van der Waals surface area contributed by atoms with E-state index < -0.39 is 10.0 Å². The van der Waals surface area contributed by atoms with Gasteiger partial charge in [0, 0.05) is 19.5 Å².